The predicted molar refractivity (Wildman–Crippen MR) is 152 cm³/mol. The average molecular weight is 600 g/mol. The molecule has 1 atom stereocenters. The van der Waals surface area contributed by atoms with Crippen LogP contribution in [0.4, 0.5) is 0 Å². The van der Waals surface area contributed by atoms with Gasteiger partial charge in [0.15, 0.2) is 6.61 Å². The van der Waals surface area contributed by atoms with E-state index in [0.717, 1.165) is 26.4 Å². The van der Waals surface area contributed by atoms with Crippen LogP contribution in [-0.4, -0.2) is 36.4 Å². The standard InChI is InChI=1S/C29H25BrCl2N2O3/c1-33-29(36)25(16-19-7-3-2-4-8-19)34(17-20-11-13-23(31)24(32)15-20)27(35)18-37-26-14-12-21-9-5-6-10-22(21)28(26)30/h2-15,25H,16-18H2,1H3,(H,33,36). The fourth-order valence-electron chi connectivity index (χ4n) is 4.10. The SMILES string of the molecule is CNC(=O)C(Cc1ccccc1)N(Cc1ccc(Cl)c(Cl)c1)C(=O)COc1ccc2ccccc2c1Br. The van der Waals surface area contributed by atoms with E-state index < -0.39 is 6.04 Å². The maximum atomic E-state index is 13.6. The molecular weight excluding hydrogens is 575 g/mol. The zero-order chi connectivity index (χ0) is 26.4. The Morgan fingerprint density at radius 2 is 1.65 bits per heavy atom. The van der Waals surface area contributed by atoms with Crippen LogP contribution in [0.25, 0.3) is 10.8 Å². The molecule has 4 rings (SSSR count). The molecule has 0 saturated heterocycles. The molecule has 0 fully saturated rings. The number of nitrogens with zero attached hydrogens (tertiary/aromatic N) is 1. The molecule has 0 heterocycles. The molecule has 4 aromatic carbocycles. The van der Waals surface area contributed by atoms with Crippen molar-refractivity contribution < 1.29 is 14.3 Å². The topological polar surface area (TPSA) is 58.6 Å². The molecule has 0 aliphatic rings. The highest BCUT2D eigenvalue weighted by Gasteiger charge is 2.30. The van der Waals surface area contributed by atoms with E-state index in [1.807, 2.05) is 66.7 Å². The lowest BCUT2D eigenvalue weighted by atomic mass is 10.0. The summed E-state index contributed by atoms with van der Waals surface area (Å²) in [4.78, 5) is 28.2. The highest BCUT2D eigenvalue weighted by atomic mass is 79.9. The summed E-state index contributed by atoms with van der Waals surface area (Å²) < 4.78 is 6.73. The third kappa shape index (κ3) is 6.63. The van der Waals surface area contributed by atoms with Gasteiger partial charge in [-0.15, -0.1) is 0 Å². The van der Waals surface area contributed by atoms with Crippen molar-refractivity contribution in [2.75, 3.05) is 13.7 Å². The summed E-state index contributed by atoms with van der Waals surface area (Å²) in [6, 6.07) is 25.6. The maximum Gasteiger partial charge on any atom is 0.261 e. The van der Waals surface area contributed by atoms with Gasteiger partial charge in [0, 0.05) is 20.0 Å². The third-order valence-electron chi connectivity index (χ3n) is 6.03. The Labute approximate surface area is 234 Å². The van der Waals surface area contributed by atoms with Crippen LogP contribution < -0.4 is 10.1 Å². The molecule has 0 spiro atoms. The van der Waals surface area contributed by atoms with Gasteiger partial charge < -0.3 is 15.0 Å². The van der Waals surface area contributed by atoms with Crippen molar-refractivity contribution in [2.45, 2.75) is 19.0 Å². The van der Waals surface area contributed by atoms with E-state index in [4.69, 9.17) is 27.9 Å². The van der Waals surface area contributed by atoms with E-state index in [9.17, 15) is 9.59 Å². The van der Waals surface area contributed by atoms with Gasteiger partial charge in [0.2, 0.25) is 5.91 Å². The first-order chi connectivity index (χ1) is 17.9. The van der Waals surface area contributed by atoms with Crippen LogP contribution in [0, 0.1) is 0 Å². The summed E-state index contributed by atoms with van der Waals surface area (Å²) in [7, 11) is 1.56. The van der Waals surface area contributed by atoms with E-state index in [1.54, 1.807) is 25.2 Å². The Balaban J connectivity index is 1.63. The third-order valence-corrected chi connectivity index (χ3v) is 7.59. The number of rotatable bonds is 9. The molecule has 0 aliphatic carbocycles. The zero-order valence-electron chi connectivity index (χ0n) is 20.1. The Morgan fingerprint density at radius 1 is 0.919 bits per heavy atom. The summed E-state index contributed by atoms with van der Waals surface area (Å²) in [6.07, 6.45) is 0.341. The van der Waals surface area contributed by atoms with E-state index >= 15 is 0 Å². The van der Waals surface area contributed by atoms with E-state index in [-0.39, 0.29) is 25.0 Å². The number of halogens is 3. The van der Waals surface area contributed by atoms with Crippen LogP contribution in [0.15, 0.2) is 89.4 Å². The molecule has 4 aromatic rings. The number of carbonyl (C=O) groups excluding carboxylic acids is 2. The minimum Gasteiger partial charge on any atom is -0.483 e. The van der Waals surface area contributed by atoms with Gasteiger partial charge in [-0.1, -0.05) is 89.9 Å². The van der Waals surface area contributed by atoms with E-state index in [0.29, 0.717) is 22.2 Å². The molecule has 0 radical (unpaired) electrons. The molecular formula is C29H25BrCl2N2O3. The molecule has 0 aromatic heterocycles. The Bertz CT molecular complexity index is 1420. The molecule has 5 nitrogen and oxygen atoms in total. The normalized spacial score (nSPS) is 11.7. The predicted octanol–water partition coefficient (Wildman–Crippen LogP) is 6.67. The van der Waals surface area contributed by atoms with Crippen molar-refractivity contribution in [1.82, 2.24) is 10.2 Å². The maximum absolute atomic E-state index is 13.6. The number of hydrogen-bond donors (Lipinski definition) is 1. The Hall–Kier alpha value is -3.06. The van der Waals surface area contributed by atoms with Gasteiger partial charge in [-0.3, -0.25) is 9.59 Å². The highest BCUT2D eigenvalue weighted by Crippen LogP contribution is 2.33. The van der Waals surface area contributed by atoms with Gasteiger partial charge in [0.1, 0.15) is 11.8 Å². The molecule has 1 unspecified atom stereocenters. The van der Waals surface area contributed by atoms with Gasteiger partial charge in [0.05, 0.1) is 14.5 Å². The van der Waals surface area contributed by atoms with Crippen LogP contribution in [0.5, 0.6) is 5.75 Å². The van der Waals surface area contributed by atoms with Crippen LogP contribution in [-0.2, 0) is 22.6 Å². The van der Waals surface area contributed by atoms with Crippen molar-refractivity contribution in [3.05, 3.63) is 111 Å². The Morgan fingerprint density at radius 3 is 2.38 bits per heavy atom. The van der Waals surface area contributed by atoms with Crippen molar-refractivity contribution in [3.63, 3.8) is 0 Å². The summed E-state index contributed by atoms with van der Waals surface area (Å²) in [5, 5.41) is 5.53. The number of amides is 2. The minimum absolute atomic E-state index is 0.156. The second-order valence-corrected chi connectivity index (χ2v) is 10.1. The van der Waals surface area contributed by atoms with E-state index in [2.05, 4.69) is 21.2 Å². The second-order valence-electron chi connectivity index (χ2n) is 8.48. The molecule has 37 heavy (non-hydrogen) atoms. The fourth-order valence-corrected chi connectivity index (χ4v) is 5.03. The molecule has 0 aliphatic heterocycles. The summed E-state index contributed by atoms with van der Waals surface area (Å²) in [5.41, 5.74) is 1.68. The van der Waals surface area contributed by atoms with Crippen molar-refractivity contribution in [2.24, 2.45) is 0 Å². The number of fused-ring (bicyclic) bond motifs is 1. The van der Waals surface area contributed by atoms with E-state index in [1.165, 1.54) is 4.90 Å². The number of hydrogen-bond acceptors (Lipinski definition) is 3. The fraction of sp³-hybridized carbons (Fsp3) is 0.172. The molecule has 190 valence electrons. The largest absolute Gasteiger partial charge is 0.483 e. The van der Waals surface area contributed by atoms with Gasteiger partial charge in [-0.05, 0) is 56.0 Å². The smallest absolute Gasteiger partial charge is 0.261 e. The molecule has 0 bridgehead atoms. The average Bonchev–Trinajstić information content (AvgIpc) is 2.92. The number of ether oxygens (including phenoxy) is 1. The van der Waals surface area contributed by atoms with Gasteiger partial charge >= 0.3 is 0 Å². The van der Waals surface area contributed by atoms with Crippen molar-refractivity contribution >= 4 is 61.7 Å². The summed E-state index contributed by atoms with van der Waals surface area (Å²) >= 11 is 15.9. The summed E-state index contributed by atoms with van der Waals surface area (Å²) in [5.74, 6) is -0.0686. The summed E-state index contributed by atoms with van der Waals surface area (Å²) in [6.45, 7) is -0.0938. The highest BCUT2D eigenvalue weighted by molar-refractivity contribution is 9.10. The minimum atomic E-state index is -0.766. The van der Waals surface area contributed by atoms with Crippen LogP contribution >= 0.6 is 39.1 Å². The number of benzene rings is 4. The first-order valence-corrected chi connectivity index (χ1v) is 13.2. The molecule has 0 saturated carbocycles. The quantitative estimate of drug-likeness (QED) is 0.234. The molecule has 1 N–H and O–H groups in total. The second kappa shape index (κ2) is 12.5. The molecule has 8 heteroatoms. The number of carbonyl (C=O) groups is 2. The zero-order valence-corrected chi connectivity index (χ0v) is 23.2. The first kappa shape index (κ1) is 27.0. The van der Waals surface area contributed by atoms with Crippen LogP contribution in [0.3, 0.4) is 0 Å². The monoisotopic (exact) mass is 598 g/mol. The van der Waals surface area contributed by atoms with Gasteiger partial charge in [-0.25, -0.2) is 0 Å². The van der Waals surface area contributed by atoms with Crippen LogP contribution in [0.1, 0.15) is 11.1 Å². The lowest BCUT2D eigenvalue weighted by Gasteiger charge is -2.31. The van der Waals surface area contributed by atoms with Crippen LogP contribution in [0.2, 0.25) is 10.0 Å². The van der Waals surface area contributed by atoms with Gasteiger partial charge in [-0.2, -0.15) is 0 Å². The number of nitrogens with one attached hydrogen (secondary N) is 1. The first-order valence-electron chi connectivity index (χ1n) is 11.7. The number of likely N-dealkylation sites (N-methyl/N-ethyl adjacent to an activating group) is 1. The lowest BCUT2D eigenvalue weighted by Crippen LogP contribution is -2.51. The van der Waals surface area contributed by atoms with Crippen molar-refractivity contribution in [3.8, 4) is 5.75 Å². The Kier molecular flexibility index (Phi) is 9.09. The lowest BCUT2D eigenvalue weighted by molar-refractivity contribution is -0.142. The van der Waals surface area contributed by atoms with Gasteiger partial charge in [0.25, 0.3) is 5.91 Å². The van der Waals surface area contributed by atoms with Crippen molar-refractivity contribution in [1.29, 1.82) is 0 Å². The molecule has 2 amide bonds.